The summed E-state index contributed by atoms with van der Waals surface area (Å²) >= 11 is 0. The molecule has 2 fully saturated rings. The summed E-state index contributed by atoms with van der Waals surface area (Å²) in [5.74, 6) is 0.990. The molecule has 2 unspecified atom stereocenters. The van der Waals surface area contributed by atoms with Crippen LogP contribution < -0.4 is 5.32 Å². The van der Waals surface area contributed by atoms with Crippen molar-refractivity contribution in [1.82, 2.24) is 10.2 Å². The molecule has 2 rings (SSSR count). The van der Waals surface area contributed by atoms with Crippen LogP contribution in [0, 0.1) is 5.92 Å². The first kappa shape index (κ1) is 9.47. The molecule has 1 saturated heterocycles. The number of hydrogen-bond donors (Lipinski definition) is 1. The average molecular weight is 182 g/mol. The molecule has 1 heterocycles. The number of rotatable bonds is 2. The van der Waals surface area contributed by atoms with E-state index in [0.29, 0.717) is 12.1 Å². The monoisotopic (exact) mass is 182 g/mol. The number of nitrogens with one attached hydrogen (secondary N) is 1. The molecule has 2 heteroatoms. The lowest BCUT2D eigenvalue weighted by atomic mass is 10.1. The summed E-state index contributed by atoms with van der Waals surface area (Å²) in [5.41, 5.74) is 0. The van der Waals surface area contributed by atoms with E-state index >= 15 is 0 Å². The molecular formula is C11H22N2. The lowest BCUT2D eigenvalue weighted by molar-refractivity contribution is 0.125. The maximum absolute atomic E-state index is 3.72. The van der Waals surface area contributed by atoms with Crippen molar-refractivity contribution in [1.29, 1.82) is 0 Å². The smallest absolute Gasteiger partial charge is 0.0226 e. The Bertz CT molecular complexity index is 165. The van der Waals surface area contributed by atoms with Gasteiger partial charge in [-0.1, -0.05) is 0 Å². The van der Waals surface area contributed by atoms with Crippen molar-refractivity contribution >= 4 is 0 Å². The lowest BCUT2D eigenvalue weighted by Gasteiger charge is -2.40. The van der Waals surface area contributed by atoms with E-state index in [1.54, 1.807) is 0 Å². The molecular weight excluding hydrogens is 160 g/mol. The van der Waals surface area contributed by atoms with Crippen LogP contribution in [0.2, 0.25) is 0 Å². The highest BCUT2D eigenvalue weighted by Gasteiger charge is 2.36. The first-order valence-electron chi connectivity index (χ1n) is 5.67. The van der Waals surface area contributed by atoms with E-state index in [1.165, 1.54) is 25.9 Å². The van der Waals surface area contributed by atoms with Crippen molar-refractivity contribution in [3.63, 3.8) is 0 Å². The Morgan fingerprint density at radius 1 is 1.23 bits per heavy atom. The highest BCUT2D eigenvalue weighted by atomic mass is 15.2. The largest absolute Gasteiger partial charge is 0.309 e. The molecule has 0 aromatic heterocycles. The predicted molar refractivity (Wildman–Crippen MR) is 55.8 cm³/mol. The molecule has 1 aliphatic carbocycles. The Morgan fingerprint density at radius 2 is 1.92 bits per heavy atom. The van der Waals surface area contributed by atoms with Gasteiger partial charge in [-0.2, -0.15) is 0 Å². The summed E-state index contributed by atoms with van der Waals surface area (Å²) in [5, 5.41) is 3.72. The van der Waals surface area contributed by atoms with Crippen molar-refractivity contribution in [2.24, 2.45) is 5.92 Å². The summed E-state index contributed by atoms with van der Waals surface area (Å²) < 4.78 is 0. The van der Waals surface area contributed by atoms with Crippen molar-refractivity contribution in [3.05, 3.63) is 0 Å². The Balaban J connectivity index is 1.92. The summed E-state index contributed by atoms with van der Waals surface area (Å²) in [4.78, 5) is 2.62. The van der Waals surface area contributed by atoms with Crippen LogP contribution in [-0.4, -0.2) is 36.1 Å². The first-order chi connectivity index (χ1) is 6.16. The fraction of sp³-hybridized carbons (Fsp3) is 1.00. The molecule has 76 valence electrons. The standard InChI is InChI=1S/C11H22N2/c1-8(2)13-6-9(3)12-11(7-13)10-4-5-10/h8-12H,4-7H2,1-3H3. The summed E-state index contributed by atoms with van der Waals surface area (Å²) in [6.07, 6.45) is 2.91. The summed E-state index contributed by atoms with van der Waals surface area (Å²) in [7, 11) is 0. The van der Waals surface area contributed by atoms with Crippen LogP contribution >= 0.6 is 0 Å². The van der Waals surface area contributed by atoms with Crippen LogP contribution in [0.1, 0.15) is 33.6 Å². The van der Waals surface area contributed by atoms with E-state index in [2.05, 4.69) is 31.0 Å². The zero-order valence-corrected chi connectivity index (χ0v) is 9.09. The molecule has 0 aromatic rings. The van der Waals surface area contributed by atoms with Gasteiger partial charge in [0.2, 0.25) is 0 Å². The zero-order valence-electron chi connectivity index (χ0n) is 9.09. The van der Waals surface area contributed by atoms with Gasteiger partial charge in [0.1, 0.15) is 0 Å². The molecule has 13 heavy (non-hydrogen) atoms. The van der Waals surface area contributed by atoms with Crippen molar-refractivity contribution < 1.29 is 0 Å². The summed E-state index contributed by atoms with van der Waals surface area (Å²) in [6, 6.07) is 2.18. The van der Waals surface area contributed by atoms with Gasteiger partial charge in [-0.25, -0.2) is 0 Å². The maximum Gasteiger partial charge on any atom is 0.0226 e. The van der Waals surface area contributed by atoms with Crippen LogP contribution in [0.25, 0.3) is 0 Å². The Hall–Kier alpha value is -0.0800. The number of nitrogens with zero attached hydrogens (tertiary/aromatic N) is 1. The molecule has 2 atom stereocenters. The fourth-order valence-corrected chi connectivity index (χ4v) is 2.36. The van der Waals surface area contributed by atoms with Gasteiger partial charge < -0.3 is 5.32 Å². The first-order valence-corrected chi connectivity index (χ1v) is 5.67. The van der Waals surface area contributed by atoms with E-state index in [0.717, 1.165) is 12.0 Å². The van der Waals surface area contributed by atoms with Crippen molar-refractivity contribution in [2.45, 2.75) is 51.7 Å². The summed E-state index contributed by atoms with van der Waals surface area (Å²) in [6.45, 7) is 9.42. The predicted octanol–water partition coefficient (Wildman–Crippen LogP) is 1.47. The van der Waals surface area contributed by atoms with Gasteiger partial charge in [0.15, 0.2) is 0 Å². The lowest BCUT2D eigenvalue weighted by Crippen LogP contribution is -2.57. The van der Waals surface area contributed by atoms with Gasteiger partial charge in [-0.05, 0) is 39.5 Å². The Morgan fingerprint density at radius 3 is 2.46 bits per heavy atom. The highest BCUT2D eigenvalue weighted by Crippen LogP contribution is 2.34. The van der Waals surface area contributed by atoms with E-state index in [9.17, 15) is 0 Å². The topological polar surface area (TPSA) is 15.3 Å². The van der Waals surface area contributed by atoms with Gasteiger partial charge in [-0.3, -0.25) is 4.90 Å². The third-order valence-corrected chi connectivity index (χ3v) is 3.36. The fourth-order valence-electron chi connectivity index (χ4n) is 2.36. The minimum atomic E-state index is 0.682. The molecule has 0 amide bonds. The zero-order chi connectivity index (χ0) is 9.42. The molecule has 0 radical (unpaired) electrons. The van der Waals surface area contributed by atoms with E-state index in [1.807, 2.05) is 0 Å². The van der Waals surface area contributed by atoms with Gasteiger partial charge in [0.05, 0.1) is 0 Å². The van der Waals surface area contributed by atoms with Crippen LogP contribution in [0.5, 0.6) is 0 Å². The molecule has 2 aliphatic rings. The molecule has 0 bridgehead atoms. The van der Waals surface area contributed by atoms with Crippen molar-refractivity contribution in [2.75, 3.05) is 13.1 Å². The molecule has 2 nitrogen and oxygen atoms in total. The average Bonchev–Trinajstić information content (AvgIpc) is 2.85. The minimum absolute atomic E-state index is 0.682. The third kappa shape index (κ3) is 2.23. The molecule has 0 aromatic carbocycles. The normalized spacial score (nSPS) is 36.9. The van der Waals surface area contributed by atoms with Gasteiger partial charge in [-0.15, -0.1) is 0 Å². The molecule has 1 N–H and O–H groups in total. The van der Waals surface area contributed by atoms with Gasteiger partial charge >= 0.3 is 0 Å². The molecule has 0 spiro atoms. The Labute approximate surface area is 81.7 Å². The number of piperazine rings is 1. The van der Waals surface area contributed by atoms with Crippen molar-refractivity contribution in [3.8, 4) is 0 Å². The maximum atomic E-state index is 3.72. The highest BCUT2D eigenvalue weighted by molar-refractivity contribution is 4.94. The quantitative estimate of drug-likeness (QED) is 0.695. The van der Waals surface area contributed by atoms with Gasteiger partial charge in [0.25, 0.3) is 0 Å². The molecule has 1 saturated carbocycles. The third-order valence-electron chi connectivity index (χ3n) is 3.36. The van der Waals surface area contributed by atoms with Crippen LogP contribution in [-0.2, 0) is 0 Å². The molecule has 1 aliphatic heterocycles. The van der Waals surface area contributed by atoms with E-state index in [4.69, 9.17) is 0 Å². The second kappa shape index (κ2) is 3.58. The minimum Gasteiger partial charge on any atom is -0.309 e. The van der Waals surface area contributed by atoms with Crippen LogP contribution in [0.4, 0.5) is 0 Å². The second-order valence-corrected chi connectivity index (χ2v) is 5.06. The second-order valence-electron chi connectivity index (χ2n) is 5.06. The van der Waals surface area contributed by atoms with E-state index < -0.39 is 0 Å². The Kier molecular flexibility index (Phi) is 2.61. The van der Waals surface area contributed by atoms with E-state index in [-0.39, 0.29) is 0 Å². The van der Waals surface area contributed by atoms with Crippen LogP contribution in [0.15, 0.2) is 0 Å². The SMILES string of the molecule is CC1CN(C(C)C)CC(C2CC2)N1. The van der Waals surface area contributed by atoms with Gasteiger partial charge in [0, 0.05) is 31.2 Å². The number of hydrogen-bond acceptors (Lipinski definition) is 2. The van der Waals surface area contributed by atoms with Crippen LogP contribution in [0.3, 0.4) is 0 Å².